The number of carbonyl (C=O) groups is 2. The number of amides is 1. The molecule has 0 radical (unpaired) electrons. The van der Waals surface area contributed by atoms with Crippen LogP contribution < -0.4 is 15.7 Å². The number of esters is 1. The molecule has 0 saturated carbocycles. The van der Waals surface area contributed by atoms with Crippen LogP contribution in [-0.2, 0) is 16.1 Å². The van der Waals surface area contributed by atoms with E-state index in [1.807, 2.05) is 42.5 Å². The molecule has 0 aliphatic rings. The predicted octanol–water partition coefficient (Wildman–Crippen LogP) is 4.09. The number of benzene rings is 3. The van der Waals surface area contributed by atoms with Gasteiger partial charge in [-0.3, -0.25) is 0 Å². The highest BCUT2D eigenvalue weighted by Gasteiger charge is 2.15. The summed E-state index contributed by atoms with van der Waals surface area (Å²) in [6.07, 6.45) is -0.728. The van der Waals surface area contributed by atoms with Gasteiger partial charge in [0.25, 0.3) is 0 Å². The summed E-state index contributed by atoms with van der Waals surface area (Å²) in [5, 5.41) is 4.34. The van der Waals surface area contributed by atoms with Crippen molar-refractivity contribution in [1.82, 2.24) is 5.32 Å². The van der Waals surface area contributed by atoms with Gasteiger partial charge < -0.3 is 19.2 Å². The molecule has 0 aliphatic carbocycles. The van der Waals surface area contributed by atoms with Crippen LogP contribution in [0, 0.1) is 6.92 Å². The number of alkyl carbamates (subject to hydrolysis) is 1. The van der Waals surface area contributed by atoms with Crippen molar-refractivity contribution in [2.24, 2.45) is 0 Å². The largest absolute Gasteiger partial charge is 0.445 e. The average Bonchev–Trinajstić information content (AvgIpc) is 2.79. The van der Waals surface area contributed by atoms with Gasteiger partial charge in [-0.25, -0.2) is 14.4 Å². The smallest absolute Gasteiger partial charge is 0.407 e. The van der Waals surface area contributed by atoms with Gasteiger partial charge in [0.1, 0.15) is 24.5 Å². The lowest BCUT2D eigenvalue weighted by Gasteiger charge is -2.11. The molecule has 0 spiro atoms. The second kappa shape index (κ2) is 8.71. The molecule has 0 aliphatic heterocycles. The van der Waals surface area contributed by atoms with Crippen LogP contribution in [-0.4, -0.2) is 18.6 Å². The van der Waals surface area contributed by atoms with E-state index in [0.717, 1.165) is 16.3 Å². The van der Waals surface area contributed by atoms with E-state index in [2.05, 4.69) is 5.32 Å². The van der Waals surface area contributed by atoms with E-state index in [-0.39, 0.29) is 18.9 Å². The van der Waals surface area contributed by atoms with E-state index in [1.54, 1.807) is 31.2 Å². The van der Waals surface area contributed by atoms with Gasteiger partial charge in [0.15, 0.2) is 0 Å². The molecule has 3 aromatic carbocycles. The highest BCUT2D eigenvalue weighted by molar-refractivity contribution is 6.05. The maximum atomic E-state index is 12.3. The van der Waals surface area contributed by atoms with Gasteiger partial charge in [-0.15, -0.1) is 0 Å². The molecule has 0 unspecified atom stereocenters. The molecule has 4 rings (SSSR count). The molecule has 31 heavy (non-hydrogen) atoms. The molecule has 0 bridgehead atoms. The van der Waals surface area contributed by atoms with Gasteiger partial charge in [0, 0.05) is 10.9 Å². The molecule has 4 aromatic rings. The fraction of sp³-hybridized carbons (Fsp3) is 0.125. The molecule has 1 amide bonds. The molecule has 0 fully saturated rings. The van der Waals surface area contributed by atoms with E-state index >= 15 is 0 Å². The summed E-state index contributed by atoms with van der Waals surface area (Å²) >= 11 is 0. The van der Waals surface area contributed by atoms with Crippen LogP contribution in [0.1, 0.15) is 11.1 Å². The number of ether oxygens (including phenoxy) is 2. The van der Waals surface area contributed by atoms with Crippen LogP contribution in [0.4, 0.5) is 4.79 Å². The minimum absolute atomic E-state index is 0.0957. The predicted molar refractivity (Wildman–Crippen MR) is 115 cm³/mol. The van der Waals surface area contributed by atoms with Crippen LogP contribution in [0.15, 0.2) is 75.9 Å². The van der Waals surface area contributed by atoms with E-state index < -0.39 is 17.7 Å². The zero-order valence-corrected chi connectivity index (χ0v) is 16.7. The van der Waals surface area contributed by atoms with Gasteiger partial charge in [-0.05, 0) is 36.1 Å². The van der Waals surface area contributed by atoms with E-state index in [4.69, 9.17) is 13.9 Å². The van der Waals surface area contributed by atoms with Crippen molar-refractivity contribution in [2.75, 3.05) is 6.54 Å². The lowest BCUT2D eigenvalue weighted by molar-refractivity contribution is -0.133. The normalized spacial score (nSPS) is 10.7. The summed E-state index contributed by atoms with van der Waals surface area (Å²) in [4.78, 5) is 36.2. The Balaban J connectivity index is 1.43. The molecule has 7 nitrogen and oxygen atoms in total. The summed E-state index contributed by atoms with van der Waals surface area (Å²) in [6, 6.07) is 19.7. The van der Waals surface area contributed by atoms with Gasteiger partial charge >= 0.3 is 17.7 Å². The average molecular weight is 417 g/mol. The highest BCUT2D eigenvalue weighted by Crippen LogP contribution is 2.30. The van der Waals surface area contributed by atoms with Crippen molar-refractivity contribution in [1.29, 1.82) is 0 Å². The van der Waals surface area contributed by atoms with Crippen LogP contribution in [0.2, 0.25) is 0 Å². The molecule has 156 valence electrons. The number of hydrogen-bond acceptors (Lipinski definition) is 6. The Morgan fingerprint density at radius 1 is 0.903 bits per heavy atom. The van der Waals surface area contributed by atoms with Crippen molar-refractivity contribution in [3.05, 3.63) is 88.3 Å². The molecular formula is C24H19NO6. The summed E-state index contributed by atoms with van der Waals surface area (Å²) in [6.45, 7) is 1.43. The number of hydrogen-bond donors (Lipinski definition) is 1. The van der Waals surface area contributed by atoms with Crippen molar-refractivity contribution in [3.8, 4) is 5.75 Å². The van der Waals surface area contributed by atoms with E-state index in [0.29, 0.717) is 16.5 Å². The second-order valence-electron chi connectivity index (χ2n) is 6.89. The Kier molecular flexibility index (Phi) is 5.66. The first-order valence-corrected chi connectivity index (χ1v) is 9.63. The summed E-state index contributed by atoms with van der Waals surface area (Å²) < 4.78 is 15.9. The third kappa shape index (κ3) is 4.40. The van der Waals surface area contributed by atoms with Gasteiger partial charge in [0.05, 0.1) is 5.39 Å². The fourth-order valence-electron chi connectivity index (χ4n) is 3.25. The summed E-state index contributed by atoms with van der Waals surface area (Å²) in [5.41, 5.74) is 1.24. The Morgan fingerprint density at radius 2 is 1.61 bits per heavy atom. The van der Waals surface area contributed by atoms with Crippen molar-refractivity contribution in [3.63, 3.8) is 0 Å². The lowest BCUT2D eigenvalue weighted by atomic mass is 10.0. The Hall–Kier alpha value is -4.13. The third-order valence-corrected chi connectivity index (χ3v) is 4.80. The molecular weight excluding hydrogens is 398 g/mol. The number of fused-ring (bicyclic) bond motifs is 3. The van der Waals surface area contributed by atoms with Gasteiger partial charge in [-0.2, -0.15) is 0 Å². The molecule has 7 heteroatoms. The maximum absolute atomic E-state index is 12.3. The monoisotopic (exact) mass is 417 g/mol. The second-order valence-corrected chi connectivity index (χ2v) is 6.89. The number of rotatable bonds is 5. The van der Waals surface area contributed by atoms with E-state index in [1.165, 1.54) is 0 Å². The quantitative estimate of drug-likeness (QED) is 0.228. The summed E-state index contributed by atoms with van der Waals surface area (Å²) in [5.74, 6) is -0.433. The molecule has 1 heterocycles. The first kappa shape index (κ1) is 20.2. The van der Waals surface area contributed by atoms with Crippen molar-refractivity contribution >= 4 is 33.8 Å². The fourth-order valence-corrected chi connectivity index (χ4v) is 3.25. The zero-order chi connectivity index (χ0) is 21.8. The van der Waals surface area contributed by atoms with Gasteiger partial charge in [0.2, 0.25) is 0 Å². The first-order chi connectivity index (χ1) is 15.0. The van der Waals surface area contributed by atoms with Crippen molar-refractivity contribution < 1.29 is 23.5 Å². The molecule has 1 aromatic heterocycles. The van der Waals surface area contributed by atoms with Crippen LogP contribution in [0.3, 0.4) is 0 Å². The van der Waals surface area contributed by atoms with Crippen LogP contribution in [0.5, 0.6) is 5.75 Å². The third-order valence-electron chi connectivity index (χ3n) is 4.80. The Bertz CT molecular complexity index is 1330. The molecule has 1 N–H and O–H groups in total. The molecule has 0 atom stereocenters. The number of nitrogens with one attached hydrogen (secondary N) is 1. The molecule has 0 saturated heterocycles. The minimum Gasteiger partial charge on any atom is -0.445 e. The standard InChI is InChI=1S/C24H19NO6/c1-15-20(12-11-18-17-9-5-6-10-19(17)23(27)31-22(15)18)30-21(26)13-25-24(28)29-14-16-7-3-2-4-8-16/h2-12H,13-14H2,1H3,(H,25,28). The van der Waals surface area contributed by atoms with Crippen LogP contribution in [0.25, 0.3) is 21.7 Å². The number of carbonyl (C=O) groups excluding carboxylic acids is 2. The van der Waals surface area contributed by atoms with Crippen LogP contribution >= 0.6 is 0 Å². The highest BCUT2D eigenvalue weighted by atomic mass is 16.6. The van der Waals surface area contributed by atoms with Gasteiger partial charge in [-0.1, -0.05) is 48.5 Å². The SMILES string of the molecule is Cc1c(OC(=O)CNC(=O)OCc2ccccc2)ccc2c1oc(=O)c1ccccc12. The lowest BCUT2D eigenvalue weighted by Crippen LogP contribution is -2.32. The summed E-state index contributed by atoms with van der Waals surface area (Å²) in [7, 11) is 0. The zero-order valence-electron chi connectivity index (χ0n) is 16.7. The minimum atomic E-state index is -0.728. The van der Waals surface area contributed by atoms with Crippen molar-refractivity contribution in [2.45, 2.75) is 13.5 Å². The number of aryl methyl sites for hydroxylation is 1. The van der Waals surface area contributed by atoms with E-state index in [9.17, 15) is 14.4 Å². The first-order valence-electron chi connectivity index (χ1n) is 9.63. The maximum Gasteiger partial charge on any atom is 0.407 e. The topological polar surface area (TPSA) is 94.8 Å². The Labute approximate surface area is 177 Å². The Morgan fingerprint density at radius 3 is 2.39 bits per heavy atom.